The second-order valence-corrected chi connectivity index (χ2v) is 6.86. The maximum atomic E-state index is 12.1. The van der Waals surface area contributed by atoms with Crippen LogP contribution < -0.4 is 10.6 Å². The van der Waals surface area contributed by atoms with E-state index in [9.17, 15) is 14.4 Å². The summed E-state index contributed by atoms with van der Waals surface area (Å²) in [5.41, 5.74) is 0.531. The van der Waals surface area contributed by atoms with Crippen molar-refractivity contribution in [1.82, 2.24) is 10.6 Å². The van der Waals surface area contributed by atoms with Gasteiger partial charge in [0.2, 0.25) is 5.91 Å². The fraction of sp³-hybridized carbons (Fsp3) is 0.526. The van der Waals surface area contributed by atoms with Crippen molar-refractivity contribution in [3.63, 3.8) is 0 Å². The van der Waals surface area contributed by atoms with E-state index in [2.05, 4.69) is 10.6 Å². The molecule has 2 N–H and O–H groups in total. The van der Waals surface area contributed by atoms with E-state index in [0.717, 1.165) is 0 Å². The first kappa shape index (κ1) is 22.0. The molecule has 144 valence electrons. The largest absolute Gasteiger partial charge is 0.450 e. The van der Waals surface area contributed by atoms with Gasteiger partial charge < -0.3 is 15.4 Å². The summed E-state index contributed by atoms with van der Waals surface area (Å²) < 4.78 is 4.88. The van der Waals surface area contributed by atoms with Crippen molar-refractivity contribution in [2.75, 3.05) is 13.2 Å². The molecule has 0 fully saturated rings. The number of hydrogen-bond acceptors (Lipinski definition) is 4. The van der Waals surface area contributed by atoms with Gasteiger partial charge in [0.15, 0.2) is 5.78 Å². The molecule has 0 heterocycles. The Bertz CT molecular complexity index is 602. The summed E-state index contributed by atoms with van der Waals surface area (Å²) in [6, 6.07) is 6.36. The van der Waals surface area contributed by atoms with Crippen LogP contribution in [0.15, 0.2) is 24.3 Å². The van der Waals surface area contributed by atoms with Crippen LogP contribution in [0.25, 0.3) is 0 Å². The predicted molar refractivity (Wildman–Crippen MR) is 101 cm³/mol. The molecule has 0 aliphatic heterocycles. The van der Waals surface area contributed by atoms with Crippen molar-refractivity contribution < 1.29 is 19.1 Å². The van der Waals surface area contributed by atoms with E-state index in [0.29, 0.717) is 36.1 Å². The molecule has 1 rings (SSSR count). The molecule has 0 bridgehead atoms. The van der Waals surface area contributed by atoms with Crippen LogP contribution >= 0.6 is 11.6 Å². The zero-order valence-corrected chi connectivity index (χ0v) is 16.3. The van der Waals surface area contributed by atoms with Crippen molar-refractivity contribution >= 4 is 29.4 Å². The number of ether oxygens (including phenoxy) is 1. The summed E-state index contributed by atoms with van der Waals surface area (Å²) in [5.74, 6) is 0.0113. The molecular formula is C19H27ClN2O4. The number of amides is 2. The fourth-order valence-electron chi connectivity index (χ4n) is 2.43. The van der Waals surface area contributed by atoms with E-state index in [-0.39, 0.29) is 30.6 Å². The lowest BCUT2D eigenvalue weighted by Crippen LogP contribution is -2.44. The van der Waals surface area contributed by atoms with Crippen molar-refractivity contribution in [3.8, 4) is 0 Å². The average Bonchev–Trinajstić information content (AvgIpc) is 2.58. The summed E-state index contributed by atoms with van der Waals surface area (Å²) in [6.07, 6.45) is 0.427. The number of alkyl carbamates (subject to hydrolysis) is 1. The second-order valence-electron chi connectivity index (χ2n) is 6.43. The van der Waals surface area contributed by atoms with Crippen molar-refractivity contribution in [3.05, 3.63) is 34.9 Å². The molecule has 26 heavy (non-hydrogen) atoms. The average molecular weight is 383 g/mol. The minimum Gasteiger partial charge on any atom is -0.450 e. The highest BCUT2D eigenvalue weighted by atomic mass is 35.5. The molecular weight excluding hydrogens is 356 g/mol. The van der Waals surface area contributed by atoms with Crippen LogP contribution in [0.4, 0.5) is 4.79 Å². The molecule has 7 heteroatoms. The highest BCUT2D eigenvalue weighted by Gasteiger charge is 2.16. The molecule has 2 amide bonds. The lowest BCUT2D eigenvalue weighted by molar-refractivity contribution is -0.121. The summed E-state index contributed by atoms with van der Waals surface area (Å²) >= 11 is 5.79. The summed E-state index contributed by atoms with van der Waals surface area (Å²) in [4.78, 5) is 35.6. The summed E-state index contributed by atoms with van der Waals surface area (Å²) in [7, 11) is 0. The number of ketones is 1. The van der Waals surface area contributed by atoms with Crippen molar-refractivity contribution in [2.45, 2.75) is 46.1 Å². The molecule has 0 saturated heterocycles. The third-order valence-corrected chi connectivity index (χ3v) is 3.90. The van der Waals surface area contributed by atoms with E-state index in [4.69, 9.17) is 16.3 Å². The van der Waals surface area contributed by atoms with Crippen LogP contribution in [0.2, 0.25) is 5.02 Å². The van der Waals surface area contributed by atoms with Gasteiger partial charge in [0, 0.05) is 36.0 Å². The van der Waals surface area contributed by atoms with Crippen LogP contribution in [-0.4, -0.2) is 37.0 Å². The van der Waals surface area contributed by atoms with Gasteiger partial charge in [-0.1, -0.05) is 25.4 Å². The minimum atomic E-state index is -0.495. The summed E-state index contributed by atoms with van der Waals surface area (Å²) in [6.45, 7) is 6.39. The molecule has 6 nitrogen and oxygen atoms in total. The quantitative estimate of drug-likeness (QED) is 0.606. The van der Waals surface area contributed by atoms with Crippen LogP contribution in [0.5, 0.6) is 0 Å². The highest BCUT2D eigenvalue weighted by molar-refractivity contribution is 6.30. The third-order valence-electron chi connectivity index (χ3n) is 3.64. The smallest absolute Gasteiger partial charge is 0.407 e. The highest BCUT2D eigenvalue weighted by Crippen LogP contribution is 2.12. The Morgan fingerprint density at radius 3 is 2.35 bits per heavy atom. The van der Waals surface area contributed by atoms with Gasteiger partial charge in [0.25, 0.3) is 0 Å². The first-order valence-electron chi connectivity index (χ1n) is 8.80. The zero-order chi connectivity index (χ0) is 19.5. The van der Waals surface area contributed by atoms with Gasteiger partial charge in [-0.05, 0) is 43.5 Å². The first-order chi connectivity index (χ1) is 12.3. The van der Waals surface area contributed by atoms with Crippen LogP contribution in [0.1, 0.15) is 50.4 Å². The second kappa shape index (κ2) is 11.5. The zero-order valence-electron chi connectivity index (χ0n) is 15.5. The Morgan fingerprint density at radius 2 is 1.77 bits per heavy atom. The van der Waals surface area contributed by atoms with Gasteiger partial charge in [-0.25, -0.2) is 4.79 Å². The van der Waals surface area contributed by atoms with Crippen molar-refractivity contribution in [2.24, 2.45) is 5.92 Å². The lowest BCUT2D eigenvalue weighted by Gasteiger charge is -2.20. The fourth-order valence-corrected chi connectivity index (χ4v) is 2.56. The number of carbonyl (C=O) groups is 3. The third kappa shape index (κ3) is 8.85. The molecule has 0 radical (unpaired) electrons. The Kier molecular flexibility index (Phi) is 9.73. The Balaban J connectivity index is 2.42. The molecule has 0 aliphatic rings. The predicted octanol–water partition coefficient (Wildman–Crippen LogP) is 3.58. The van der Waals surface area contributed by atoms with Gasteiger partial charge in [0.1, 0.15) is 0 Å². The maximum absolute atomic E-state index is 12.1. The van der Waals surface area contributed by atoms with Gasteiger partial charge >= 0.3 is 6.09 Å². The van der Waals surface area contributed by atoms with E-state index < -0.39 is 6.09 Å². The molecule has 0 aliphatic carbocycles. The van der Waals surface area contributed by atoms with E-state index >= 15 is 0 Å². The molecule has 0 saturated carbocycles. The van der Waals surface area contributed by atoms with E-state index in [1.807, 2.05) is 13.8 Å². The van der Waals surface area contributed by atoms with Crippen molar-refractivity contribution in [1.29, 1.82) is 0 Å². The number of halogens is 1. The first-order valence-corrected chi connectivity index (χ1v) is 9.18. The van der Waals surface area contributed by atoms with Gasteiger partial charge in [-0.15, -0.1) is 0 Å². The van der Waals surface area contributed by atoms with E-state index in [1.54, 1.807) is 31.2 Å². The number of hydrogen-bond donors (Lipinski definition) is 2. The Hall–Kier alpha value is -2.08. The number of carbonyl (C=O) groups excluding carboxylic acids is 3. The number of Topliss-reactive ketones (excluding diaryl/α,β-unsaturated/α-hetero) is 1. The monoisotopic (exact) mass is 382 g/mol. The Labute approximate surface area is 159 Å². The Morgan fingerprint density at radius 1 is 1.12 bits per heavy atom. The van der Waals surface area contributed by atoms with Crippen LogP contribution in [0.3, 0.4) is 0 Å². The normalized spacial score (nSPS) is 11.7. The van der Waals surface area contributed by atoms with Crippen LogP contribution in [-0.2, 0) is 9.53 Å². The number of nitrogens with one attached hydrogen (secondary N) is 2. The summed E-state index contributed by atoms with van der Waals surface area (Å²) in [5, 5.41) is 6.07. The van der Waals surface area contributed by atoms with E-state index in [1.165, 1.54) is 0 Å². The molecule has 0 spiro atoms. The van der Waals surface area contributed by atoms with Gasteiger partial charge in [-0.3, -0.25) is 9.59 Å². The molecule has 1 unspecified atom stereocenters. The minimum absolute atomic E-state index is 0.0925. The number of rotatable bonds is 10. The number of benzene rings is 1. The molecule has 1 aromatic carbocycles. The molecule has 0 aromatic heterocycles. The van der Waals surface area contributed by atoms with Crippen LogP contribution in [0, 0.1) is 5.92 Å². The topological polar surface area (TPSA) is 84.5 Å². The maximum Gasteiger partial charge on any atom is 0.407 e. The molecule has 1 aromatic rings. The molecule has 1 atom stereocenters. The van der Waals surface area contributed by atoms with Gasteiger partial charge in [0.05, 0.1) is 6.61 Å². The van der Waals surface area contributed by atoms with Gasteiger partial charge in [-0.2, -0.15) is 0 Å². The lowest BCUT2D eigenvalue weighted by atomic mass is 10.0. The standard InChI is InChI=1S/C19H27ClN2O4/c1-4-26-19(25)22-16(11-13(2)3)12-21-18(24)10-9-17(23)14-5-7-15(20)8-6-14/h5-8,13,16H,4,9-12H2,1-3H3,(H,21,24)(H,22,25). The SMILES string of the molecule is CCOC(=O)NC(CNC(=O)CCC(=O)c1ccc(Cl)cc1)CC(C)C.